The Hall–Kier alpha value is -0.850. The molecule has 0 aliphatic rings. The number of hydrogen-bond acceptors (Lipinski definition) is 4. The van der Waals surface area contributed by atoms with Crippen molar-refractivity contribution in [3.63, 3.8) is 0 Å². The Balaban J connectivity index is 2.74. The van der Waals surface area contributed by atoms with E-state index in [1.165, 1.54) is 0 Å². The number of furan rings is 1. The van der Waals surface area contributed by atoms with Crippen LogP contribution in [0.25, 0.3) is 0 Å². The van der Waals surface area contributed by atoms with Gasteiger partial charge in [0.05, 0.1) is 0 Å². The van der Waals surface area contributed by atoms with Crippen LogP contribution >= 0.6 is 0 Å². The lowest BCUT2D eigenvalue weighted by Gasteiger charge is -2.09. The number of aryl methyl sites for hydroxylation is 2. The van der Waals surface area contributed by atoms with Crippen LogP contribution in [-0.4, -0.2) is 22.0 Å². The van der Waals surface area contributed by atoms with Crippen LogP contribution in [0.1, 0.15) is 50.2 Å². The summed E-state index contributed by atoms with van der Waals surface area (Å²) in [7, 11) is -1.72. The van der Waals surface area contributed by atoms with E-state index >= 15 is 0 Å². The van der Waals surface area contributed by atoms with Crippen molar-refractivity contribution in [1.82, 2.24) is 10.0 Å². The normalized spacial score (nSPS) is 12.3. The monoisotopic (exact) mass is 316 g/mol. The fraction of sp³-hybridized carbons (Fsp3) is 0.733. The lowest BCUT2D eigenvalue weighted by atomic mass is 10.1. The molecular weight excluding hydrogens is 288 g/mol. The van der Waals surface area contributed by atoms with Gasteiger partial charge in [0.15, 0.2) is 0 Å². The Morgan fingerprint density at radius 1 is 1.14 bits per heavy atom. The topological polar surface area (TPSA) is 71.3 Å². The standard InChI is InChI=1S/C15H28N2O3S/c1-11(2)8-6-7-9-17-21(18,19)15-13(4)20-12(3)14(15)10-16-5/h11,16-17H,6-10H2,1-5H3. The van der Waals surface area contributed by atoms with E-state index in [1.54, 1.807) is 20.9 Å². The van der Waals surface area contributed by atoms with Gasteiger partial charge in [-0.2, -0.15) is 0 Å². The largest absolute Gasteiger partial charge is 0.465 e. The minimum Gasteiger partial charge on any atom is -0.465 e. The van der Waals surface area contributed by atoms with Gasteiger partial charge in [-0.05, 0) is 33.2 Å². The van der Waals surface area contributed by atoms with Gasteiger partial charge in [0.2, 0.25) is 10.0 Å². The molecule has 1 aromatic heterocycles. The van der Waals surface area contributed by atoms with Crippen LogP contribution < -0.4 is 10.0 Å². The van der Waals surface area contributed by atoms with Gasteiger partial charge in [-0.25, -0.2) is 13.1 Å². The maximum Gasteiger partial charge on any atom is 0.244 e. The second-order valence-electron chi connectivity index (χ2n) is 5.84. The van der Waals surface area contributed by atoms with Crippen molar-refractivity contribution in [1.29, 1.82) is 0 Å². The zero-order chi connectivity index (χ0) is 16.0. The van der Waals surface area contributed by atoms with Crippen molar-refractivity contribution in [3.8, 4) is 0 Å². The maximum atomic E-state index is 12.5. The average molecular weight is 316 g/mol. The third kappa shape index (κ3) is 5.13. The van der Waals surface area contributed by atoms with E-state index in [2.05, 4.69) is 23.9 Å². The number of nitrogens with one attached hydrogen (secondary N) is 2. The Labute approximate surface area is 128 Å². The minimum atomic E-state index is -3.51. The lowest BCUT2D eigenvalue weighted by Crippen LogP contribution is -2.26. The molecule has 122 valence electrons. The average Bonchev–Trinajstić information content (AvgIpc) is 2.64. The first-order valence-corrected chi connectivity index (χ1v) is 9.01. The van der Waals surface area contributed by atoms with Crippen LogP contribution in [-0.2, 0) is 16.6 Å². The van der Waals surface area contributed by atoms with E-state index in [1.807, 2.05) is 0 Å². The molecule has 0 saturated carbocycles. The van der Waals surface area contributed by atoms with Gasteiger partial charge in [-0.15, -0.1) is 0 Å². The van der Waals surface area contributed by atoms with Gasteiger partial charge in [0.25, 0.3) is 0 Å². The minimum absolute atomic E-state index is 0.290. The van der Waals surface area contributed by atoms with Crippen LogP contribution in [0.3, 0.4) is 0 Å². The highest BCUT2D eigenvalue weighted by Crippen LogP contribution is 2.26. The van der Waals surface area contributed by atoms with Crippen molar-refractivity contribution in [2.24, 2.45) is 5.92 Å². The first-order chi connectivity index (χ1) is 9.79. The molecular formula is C15H28N2O3S. The molecule has 0 amide bonds. The summed E-state index contributed by atoms with van der Waals surface area (Å²) in [4.78, 5) is 0.290. The lowest BCUT2D eigenvalue weighted by molar-refractivity contribution is 0.493. The molecule has 21 heavy (non-hydrogen) atoms. The van der Waals surface area contributed by atoms with Gasteiger partial charge in [0, 0.05) is 18.7 Å². The van der Waals surface area contributed by atoms with Crippen LogP contribution in [0.4, 0.5) is 0 Å². The summed E-state index contributed by atoms with van der Waals surface area (Å²) in [5, 5.41) is 2.99. The quantitative estimate of drug-likeness (QED) is 0.687. The molecule has 1 rings (SSSR count). The Kier molecular flexibility index (Phi) is 6.90. The molecule has 0 saturated heterocycles. The van der Waals surface area contributed by atoms with Crippen LogP contribution in [0.2, 0.25) is 0 Å². The fourth-order valence-corrected chi connectivity index (χ4v) is 3.92. The van der Waals surface area contributed by atoms with E-state index in [0.29, 0.717) is 41.0 Å². The molecule has 0 bridgehead atoms. The summed E-state index contributed by atoms with van der Waals surface area (Å²) in [6.07, 6.45) is 3.01. The summed E-state index contributed by atoms with van der Waals surface area (Å²) in [6.45, 7) is 8.78. The second kappa shape index (κ2) is 7.96. The Bertz CT molecular complexity index is 548. The molecule has 6 heteroatoms. The van der Waals surface area contributed by atoms with E-state index < -0.39 is 10.0 Å². The number of sulfonamides is 1. The van der Waals surface area contributed by atoms with Crippen molar-refractivity contribution < 1.29 is 12.8 Å². The number of hydrogen-bond donors (Lipinski definition) is 2. The van der Waals surface area contributed by atoms with Crippen molar-refractivity contribution in [2.45, 2.75) is 58.4 Å². The summed E-state index contributed by atoms with van der Waals surface area (Å²) >= 11 is 0. The molecule has 0 fully saturated rings. The molecule has 1 heterocycles. The van der Waals surface area contributed by atoms with E-state index in [4.69, 9.17) is 4.42 Å². The summed E-state index contributed by atoms with van der Waals surface area (Å²) in [6, 6.07) is 0. The molecule has 1 aromatic rings. The highest BCUT2D eigenvalue weighted by molar-refractivity contribution is 7.89. The van der Waals surface area contributed by atoms with Gasteiger partial charge < -0.3 is 9.73 Å². The molecule has 0 atom stereocenters. The third-order valence-corrected chi connectivity index (χ3v) is 5.10. The third-order valence-electron chi connectivity index (χ3n) is 3.45. The fourth-order valence-electron chi connectivity index (χ4n) is 2.40. The Morgan fingerprint density at radius 2 is 1.81 bits per heavy atom. The number of unbranched alkanes of at least 4 members (excludes halogenated alkanes) is 1. The zero-order valence-electron chi connectivity index (χ0n) is 13.7. The van der Waals surface area contributed by atoms with E-state index in [0.717, 1.165) is 19.3 Å². The van der Waals surface area contributed by atoms with Crippen LogP contribution in [0.5, 0.6) is 0 Å². The highest BCUT2D eigenvalue weighted by Gasteiger charge is 2.25. The molecule has 2 N–H and O–H groups in total. The van der Waals surface area contributed by atoms with Crippen LogP contribution in [0.15, 0.2) is 9.31 Å². The van der Waals surface area contributed by atoms with Crippen molar-refractivity contribution in [2.75, 3.05) is 13.6 Å². The van der Waals surface area contributed by atoms with E-state index in [-0.39, 0.29) is 0 Å². The zero-order valence-corrected chi connectivity index (χ0v) is 14.6. The molecule has 0 spiro atoms. The smallest absolute Gasteiger partial charge is 0.244 e. The van der Waals surface area contributed by atoms with Gasteiger partial charge in [-0.1, -0.05) is 26.7 Å². The summed E-state index contributed by atoms with van der Waals surface area (Å²) < 4.78 is 33.1. The summed E-state index contributed by atoms with van der Waals surface area (Å²) in [5.41, 5.74) is 0.713. The highest BCUT2D eigenvalue weighted by atomic mass is 32.2. The molecule has 0 aliphatic heterocycles. The first-order valence-electron chi connectivity index (χ1n) is 7.52. The number of rotatable bonds is 9. The van der Waals surface area contributed by atoms with Gasteiger partial charge >= 0.3 is 0 Å². The second-order valence-corrected chi connectivity index (χ2v) is 7.54. The van der Waals surface area contributed by atoms with E-state index in [9.17, 15) is 8.42 Å². The van der Waals surface area contributed by atoms with Crippen molar-refractivity contribution in [3.05, 3.63) is 17.1 Å². The van der Waals surface area contributed by atoms with Gasteiger partial charge in [-0.3, -0.25) is 0 Å². The first kappa shape index (κ1) is 18.2. The predicted octanol–water partition coefficient (Wildman–Crippen LogP) is 2.72. The maximum absolute atomic E-state index is 12.5. The summed E-state index contributed by atoms with van der Waals surface area (Å²) in [5.74, 6) is 1.76. The molecule has 0 radical (unpaired) electrons. The van der Waals surface area contributed by atoms with Gasteiger partial charge in [0.1, 0.15) is 16.4 Å². The van der Waals surface area contributed by atoms with Crippen LogP contribution in [0, 0.1) is 19.8 Å². The molecule has 0 aromatic carbocycles. The SMILES string of the molecule is CNCc1c(C)oc(C)c1S(=O)(=O)NCCCCC(C)C. The molecule has 0 unspecified atom stereocenters. The molecule has 5 nitrogen and oxygen atoms in total. The predicted molar refractivity (Wildman–Crippen MR) is 84.8 cm³/mol. The molecule has 0 aliphatic carbocycles. The Morgan fingerprint density at radius 3 is 2.38 bits per heavy atom. The van der Waals surface area contributed by atoms with Crippen molar-refractivity contribution >= 4 is 10.0 Å².